The highest BCUT2D eigenvalue weighted by atomic mass is 79.9. The highest BCUT2D eigenvalue weighted by molar-refractivity contribution is 9.10. The number of Topliss-reactive ketones (excluding diaryl/α,β-unsaturated/α-hetero) is 1. The molecule has 0 aliphatic heterocycles. The number of nitrogens with zero attached hydrogens (tertiary/aromatic N) is 4. The van der Waals surface area contributed by atoms with Crippen LogP contribution in [-0.4, -0.2) is 25.1 Å². The van der Waals surface area contributed by atoms with Gasteiger partial charge in [-0.05, 0) is 92.3 Å². The molecule has 9 heteroatoms. The van der Waals surface area contributed by atoms with E-state index in [1.54, 1.807) is 13.1 Å². The maximum absolute atomic E-state index is 11.3. The van der Waals surface area contributed by atoms with Crippen molar-refractivity contribution in [3.05, 3.63) is 52.1 Å². The molecule has 1 saturated carbocycles. The fraction of sp³-hybridized carbons (Fsp3) is 0.500. The number of halogens is 1. The molecule has 3 aromatic rings. The smallest absolute Gasteiger partial charge is 0.208 e. The number of aryl methyl sites for hydroxylation is 1. The number of rotatable bonds is 8. The van der Waals surface area contributed by atoms with Crippen molar-refractivity contribution in [3.63, 3.8) is 0 Å². The van der Waals surface area contributed by atoms with E-state index >= 15 is 0 Å². The van der Waals surface area contributed by atoms with Crippen LogP contribution >= 0.6 is 27.5 Å². The highest BCUT2D eigenvalue weighted by Crippen LogP contribution is 2.39. The Kier molecular flexibility index (Phi) is 7.72. The average Bonchev–Trinajstić information content (AvgIpc) is 3.33. The summed E-state index contributed by atoms with van der Waals surface area (Å²) in [6, 6.07) is 6.03. The van der Waals surface area contributed by atoms with Gasteiger partial charge in [-0.1, -0.05) is 6.07 Å². The Hall–Kier alpha value is -2.39. The predicted octanol–water partition coefficient (Wildman–Crippen LogP) is 6.93. The van der Waals surface area contributed by atoms with Gasteiger partial charge < -0.3 is 14.8 Å². The van der Waals surface area contributed by atoms with E-state index in [9.17, 15) is 4.79 Å². The Balaban J connectivity index is 1.25. The molecule has 1 atom stereocenters. The Morgan fingerprint density at radius 2 is 2.09 bits per heavy atom. The SMILES string of the molecule is CC(=O)CCC1CCC(c2nsc(Nc3ncc(Br)cc3OC3CCCc4ncccc43)n2)CC1. The first-order valence-corrected chi connectivity index (χ1v) is 14.0. The van der Waals surface area contributed by atoms with Crippen LogP contribution in [0.3, 0.4) is 0 Å². The van der Waals surface area contributed by atoms with Crippen LogP contribution in [0.5, 0.6) is 5.75 Å². The summed E-state index contributed by atoms with van der Waals surface area (Å²) < 4.78 is 12.0. The van der Waals surface area contributed by atoms with Crippen LogP contribution in [-0.2, 0) is 11.2 Å². The second-order valence-electron chi connectivity index (χ2n) is 9.58. The molecule has 1 N–H and O–H groups in total. The van der Waals surface area contributed by atoms with Crippen molar-refractivity contribution in [1.29, 1.82) is 0 Å². The number of aromatic nitrogens is 4. The number of nitrogens with one attached hydrogen (secondary N) is 1. The monoisotopic (exact) mass is 555 g/mol. The van der Waals surface area contributed by atoms with Gasteiger partial charge in [0, 0.05) is 52.0 Å². The molecular weight excluding hydrogens is 526 g/mol. The summed E-state index contributed by atoms with van der Waals surface area (Å²) in [4.78, 5) is 25.2. The van der Waals surface area contributed by atoms with E-state index in [4.69, 9.17) is 9.72 Å². The number of anilines is 2. The van der Waals surface area contributed by atoms with E-state index < -0.39 is 0 Å². The van der Waals surface area contributed by atoms with E-state index in [1.807, 2.05) is 18.3 Å². The minimum Gasteiger partial charge on any atom is -0.482 e. The number of carbonyl (C=O) groups is 1. The summed E-state index contributed by atoms with van der Waals surface area (Å²) in [6.45, 7) is 1.68. The lowest BCUT2D eigenvalue weighted by Gasteiger charge is -2.26. The molecule has 35 heavy (non-hydrogen) atoms. The number of hydrogen-bond acceptors (Lipinski definition) is 8. The third-order valence-electron chi connectivity index (χ3n) is 7.02. The Morgan fingerprint density at radius 3 is 2.91 bits per heavy atom. The van der Waals surface area contributed by atoms with Gasteiger partial charge in [0.1, 0.15) is 17.7 Å². The summed E-state index contributed by atoms with van der Waals surface area (Å²) in [6.07, 6.45) is 12.7. The molecule has 3 aromatic heterocycles. The number of ketones is 1. The molecular formula is C26H30BrN5O2S. The van der Waals surface area contributed by atoms with Gasteiger partial charge in [-0.3, -0.25) is 4.98 Å². The van der Waals surface area contributed by atoms with Gasteiger partial charge in [0.05, 0.1) is 0 Å². The summed E-state index contributed by atoms with van der Waals surface area (Å²) in [5.74, 6) is 3.56. The molecule has 184 valence electrons. The Labute approximate surface area is 218 Å². The first-order valence-electron chi connectivity index (χ1n) is 12.4. The van der Waals surface area contributed by atoms with E-state index in [1.165, 1.54) is 11.5 Å². The second kappa shape index (κ2) is 11.1. The molecule has 0 bridgehead atoms. The van der Waals surface area contributed by atoms with Gasteiger partial charge in [-0.25, -0.2) is 9.97 Å². The van der Waals surface area contributed by atoms with Crippen LogP contribution in [0.1, 0.15) is 87.4 Å². The molecule has 0 amide bonds. The van der Waals surface area contributed by atoms with Gasteiger partial charge >= 0.3 is 0 Å². The van der Waals surface area contributed by atoms with E-state index in [2.05, 4.69) is 41.7 Å². The lowest BCUT2D eigenvalue weighted by atomic mass is 9.79. The van der Waals surface area contributed by atoms with Gasteiger partial charge in [0.2, 0.25) is 5.13 Å². The molecule has 5 rings (SSSR count). The molecule has 2 aliphatic rings. The standard InChI is InChI=1S/C26H30BrN5O2S/c1-16(33)7-8-17-9-11-18(12-10-17)24-30-26(35-32-24)31-25-23(14-19(27)15-29-25)34-22-6-2-5-21-20(22)4-3-13-28-21/h3-4,13-15,17-18,22H,2,5-12H2,1H3,(H,29,30,31,32). The average molecular weight is 557 g/mol. The number of carbonyl (C=O) groups excluding carboxylic acids is 1. The molecule has 1 fully saturated rings. The van der Waals surface area contributed by atoms with E-state index in [-0.39, 0.29) is 6.10 Å². The van der Waals surface area contributed by atoms with Crippen molar-refractivity contribution < 1.29 is 9.53 Å². The van der Waals surface area contributed by atoms with Gasteiger partial charge in [-0.15, -0.1) is 0 Å². The second-order valence-corrected chi connectivity index (χ2v) is 11.2. The summed E-state index contributed by atoms with van der Waals surface area (Å²) >= 11 is 4.90. The molecule has 2 aliphatic carbocycles. The largest absolute Gasteiger partial charge is 0.482 e. The van der Waals surface area contributed by atoms with Gasteiger partial charge in [0.15, 0.2) is 11.6 Å². The van der Waals surface area contributed by atoms with Crippen molar-refractivity contribution >= 4 is 44.2 Å². The van der Waals surface area contributed by atoms with Crippen LogP contribution in [0.2, 0.25) is 0 Å². The predicted molar refractivity (Wildman–Crippen MR) is 140 cm³/mol. The molecule has 0 saturated heterocycles. The Morgan fingerprint density at radius 1 is 1.23 bits per heavy atom. The van der Waals surface area contributed by atoms with E-state index in [0.29, 0.717) is 35.6 Å². The normalized spacial score (nSPS) is 21.8. The van der Waals surface area contributed by atoms with E-state index in [0.717, 1.165) is 78.1 Å². The summed E-state index contributed by atoms with van der Waals surface area (Å²) in [7, 11) is 0. The quantitative estimate of drug-likeness (QED) is 0.322. The van der Waals surface area contributed by atoms with Crippen molar-refractivity contribution in [1.82, 2.24) is 19.3 Å². The molecule has 0 aromatic carbocycles. The fourth-order valence-corrected chi connectivity index (χ4v) is 6.07. The number of fused-ring (bicyclic) bond motifs is 1. The molecule has 1 unspecified atom stereocenters. The zero-order valence-electron chi connectivity index (χ0n) is 19.9. The number of hydrogen-bond donors (Lipinski definition) is 1. The van der Waals surface area contributed by atoms with Crippen LogP contribution in [0.25, 0.3) is 0 Å². The number of ether oxygens (including phenoxy) is 1. The lowest BCUT2D eigenvalue weighted by Crippen LogP contribution is -2.17. The van der Waals surface area contributed by atoms with Crippen LogP contribution < -0.4 is 10.1 Å². The Bertz CT molecular complexity index is 1180. The zero-order valence-corrected chi connectivity index (χ0v) is 22.3. The first-order chi connectivity index (χ1) is 17.0. The van der Waals surface area contributed by atoms with Crippen LogP contribution in [0.4, 0.5) is 10.9 Å². The molecule has 3 heterocycles. The highest BCUT2D eigenvalue weighted by Gasteiger charge is 2.26. The first kappa shape index (κ1) is 24.3. The van der Waals surface area contributed by atoms with Crippen molar-refractivity contribution in [2.45, 2.75) is 76.7 Å². The van der Waals surface area contributed by atoms with Crippen LogP contribution in [0, 0.1) is 5.92 Å². The number of pyridine rings is 2. The molecule has 0 radical (unpaired) electrons. The lowest BCUT2D eigenvalue weighted by molar-refractivity contribution is -0.117. The topological polar surface area (TPSA) is 89.9 Å². The van der Waals surface area contributed by atoms with Gasteiger partial charge in [-0.2, -0.15) is 4.37 Å². The van der Waals surface area contributed by atoms with Crippen LogP contribution in [0.15, 0.2) is 35.1 Å². The van der Waals surface area contributed by atoms with Gasteiger partial charge in [0.25, 0.3) is 0 Å². The molecule has 0 spiro atoms. The fourth-order valence-electron chi connectivity index (χ4n) is 5.11. The summed E-state index contributed by atoms with van der Waals surface area (Å²) in [5, 5.41) is 4.08. The zero-order chi connectivity index (χ0) is 24.2. The summed E-state index contributed by atoms with van der Waals surface area (Å²) in [5.41, 5.74) is 2.27. The minimum absolute atomic E-state index is 0.0488. The maximum Gasteiger partial charge on any atom is 0.208 e. The van der Waals surface area contributed by atoms with Crippen molar-refractivity contribution in [2.24, 2.45) is 5.92 Å². The third kappa shape index (κ3) is 6.06. The third-order valence-corrected chi connectivity index (χ3v) is 8.10. The maximum atomic E-state index is 11.3. The minimum atomic E-state index is -0.0488. The van der Waals surface area contributed by atoms with Crippen molar-refractivity contribution in [2.75, 3.05) is 5.32 Å². The van der Waals surface area contributed by atoms with Crippen molar-refractivity contribution in [3.8, 4) is 5.75 Å². The molecule has 7 nitrogen and oxygen atoms in total.